The normalized spacial score (nSPS) is 12.4. The lowest BCUT2D eigenvalue weighted by Gasteiger charge is -2.20. The van der Waals surface area contributed by atoms with E-state index < -0.39 is 7.53 Å². The largest absolute Gasteiger partial charge is 0.309 e. The Kier molecular flexibility index (Phi) is 8.58. The lowest BCUT2D eigenvalue weighted by molar-refractivity contribution is 1.18. The monoisotopic (exact) mass is 1010 g/mol. The number of fused-ring (bicyclic) bond motifs is 23. The third-order valence-corrected chi connectivity index (χ3v) is 19.8. The average molecular weight is 1010 g/mol. The number of para-hydroxylation sites is 6. The van der Waals surface area contributed by atoms with Gasteiger partial charge in [0.15, 0.2) is 0 Å². The summed E-state index contributed by atoms with van der Waals surface area (Å²) in [6.45, 7) is 0. The van der Waals surface area contributed by atoms with Crippen molar-refractivity contribution in [2.24, 2.45) is 0 Å². The van der Waals surface area contributed by atoms with Crippen LogP contribution >= 0.6 is 7.53 Å². The fourth-order valence-corrected chi connectivity index (χ4v) is 16.7. The van der Waals surface area contributed by atoms with Crippen molar-refractivity contribution in [2.45, 2.75) is 0 Å². The third-order valence-electron chi connectivity index (χ3n) is 17.3. The van der Waals surface area contributed by atoms with Gasteiger partial charge in [0.25, 0.3) is 0 Å². The molecular formula is C74H44N3P. The summed E-state index contributed by atoms with van der Waals surface area (Å²) >= 11 is 0. The number of benzene rings is 14. The minimum atomic E-state index is -0.836. The Morgan fingerprint density at radius 2 is 0.449 bits per heavy atom. The fourth-order valence-electron chi connectivity index (χ4n) is 14.1. The number of aromatic nitrogens is 3. The first kappa shape index (κ1) is 42.3. The lowest BCUT2D eigenvalue weighted by atomic mass is 9.86. The van der Waals surface area contributed by atoms with E-state index in [0.717, 1.165) is 17.1 Å². The highest BCUT2D eigenvalue weighted by molar-refractivity contribution is 7.68. The molecule has 0 N–H and O–H groups in total. The molecule has 0 bridgehead atoms. The van der Waals surface area contributed by atoms with Crippen molar-refractivity contribution in [1.82, 2.24) is 13.7 Å². The molecule has 0 atom stereocenters. The van der Waals surface area contributed by atoms with E-state index in [1.54, 1.807) is 0 Å². The van der Waals surface area contributed by atoms with Gasteiger partial charge in [-0.05, 0) is 155 Å². The van der Waals surface area contributed by atoms with Crippen molar-refractivity contribution in [3.05, 3.63) is 267 Å². The lowest BCUT2D eigenvalue weighted by Crippen LogP contribution is -1.97. The van der Waals surface area contributed by atoms with Crippen molar-refractivity contribution in [3.63, 3.8) is 0 Å². The third kappa shape index (κ3) is 5.67. The molecule has 78 heavy (non-hydrogen) atoms. The fraction of sp³-hybridized carbons (Fsp3) is 0. The van der Waals surface area contributed by atoms with Crippen LogP contribution in [-0.2, 0) is 0 Å². The van der Waals surface area contributed by atoms with Gasteiger partial charge in [0, 0.05) is 59.6 Å². The van der Waals surface area contributed by atoms with Gasteiger partial charge >= 0.3 is 0 Å². The molecule has 18 aromatic rings. The highest BCUT2D eigenvalue weighted by Gasteiger charge is 2.23. The molecule has 18 rings (SSSR count). The maximum atomic E-state index is 2.60. The van der Waals surface area contributed by atoms with E-state index in [-0.39, 0.29) is 0 Å². The Hall–Kier alpha value is -9.92. The van der Waals surface area contributed by atoms with Crippen molar-refractivity contribution >= 4 is 148 Å². The Morgan fingerprint density at radius 1 is 0.192 bits per heavy atom. The van der Waals surface area contributed by atoms with Crippen LogP contribution in [0.5, 0.6) is 0 Å². The minimum absolute atomic E-state index is 0.836. The van der Waals surface area contributed by atoms with Crippen LogP contribution in [0.25, 0.3) is 163 Å². The van der Waals surface area contributed by atoms with Crippen molar-refractivity contribution in [2.75, 3.05) is 0 Å². The first-order chi connectivity index (χ1) is 38.7. The average Bonchev–Trinajstić information content (AvgIpc) is 4.34. The van der Waals surface area contributed by atoms with Crippen LogP contribution in [0, 0.1) is 0 Å². The van der Waals surface area contributed by atoms with Gasteiger partial charge in [0.05, 0.1) is 33.1 Å². The molecular weight excluding hydrogens is 962 g/mol. The zero-order valence-corrected chi connectivity index (χ0v) is 43.1. The molecule has 0 fully saturated rings. The van der Waals surface area contributed by atoms with Crippen LogP contribution in [0.4, 0.5) is 0 Å². The van der Waals surface area contributed by atoms with Crippen LogP contribution in [0.3, 0.4) is 0 Å². The predicted octanol–water partition coefficient (Wildman–Crippen LogP) is 21.0. The van der Waals surface area contributed by atoms with Crippen LogP contribution in [-0.4, -0.2) is 13.7 Å². The second-order valence-electron chi connectivity index (χ2n) is 21.1. The van der Waals surface area contributed by atoms with Crippen molar-refractivity contribution in [1.29, 1.82) is 0 Å². The zero-order chi connectivity index (χ0) is 50.7. The molecule has 0 aliphatic rings. The Morgan fingerprint density at radius 3 is 0.769 bits per heavy atom. The Bertz CT molecular complexity index is 4740. The van der Waals surface area contributed by atoms with E-state index in [0.29, 0.717) is 0 Å². The van der Waals surface area contributed by atoms with Crippen LogP contribution < -0.4 is 0 Å². The molecule has 4 heteroatoms. The van der Waals surface area contributed by atoms with E-state index in [9.17, 15) is 0 Å². The highest BCUT2D eigenvalue weighted by Crippen LogP contribution is 2.57. The summed E-state index contributed by atoms with van der Waals surface area (Å²) in [7, 11) is -0.836. The SMILES string of the molecule is c1ccc2c(c1)c1ccccc1n2-c1ccc2c3ccc(-n4c5ccccc5c5ccccc54)cc3c3c4cc(-p5c6ccccc6c6ccccc65)ccc4c4ccc(-n5c6ccccc6c6ccccc65)cc4c3c2c1. The molecule has 0 saturated heterocycles. The maximum Gasteiger partial charge on any atom is 0.0541 e. The predicted molar refractivity (Wildman–Crippen MR) is 336 cm³/mol. The van der Waals surface area contributed by atoms with Gasteiger partial charge in [-0.15, -0.1) is 0 Å². The van der Waals surface area contributed by atoms with Crippen LogP contribution in [0.1, 0.15) is 0 Å². The van der Waals surface area contributed by atoms with Gasteiger partial charge in [-0.2, -0.15) is 0 Å². The molecule has 0 amide bonds. The van der Waals surface area contributed by atoms with Crippen molar-refractivity contribution < 1.29 is 0 Å². The van der Waals surface area contributed by atoms with Gasteiger partial charge in [-0.1, -0.05) is 190 Å². The molecule has 0 saturated carbocycles. The molecule has 14 aromatic carbocycles. The topological polar surface area (TPSA) is 14.8 Å². The van der Waals surface area contributed by atoms with Crippen LogP contribution in [0.2, 0.25) is 0 Å². The van der Waals surface area contributed by atoms with E-state index in [4.69, 9.17) is 0 Å². The maximum absolute atomic E-state index is 2.60. The van der Waals surface area contributed by atoms with Gasteiger partial charge in [-0.3, -0.25) is 0 Å². The molecule has 4 heterocycles. The van der Waals surface area contributed by atoms with E-state index in [2.05, 4.69) is 281 Å². The summed E-state index contributed by atoms with van der Waals surface area (Å²) in [5.74, 6) is 0. The molecule has 0 radical (unpaired) electrons. The molecule has 4 aromatic heterocycles. The van der Waals surface area contributed by atoms with Gasteiger partial charge in [-0.25, -0.2) is 0 Å². The van der Waals surface area contributed by atoms with Crippen molar-refractivity contribution in [3.8, 4) is 22.4 Å². The summed E-state index contributed by atoms with van der Waals surface area (Å²) in [6, 6.07) is 101. The second-order valence-corrected chi connectivity index (χ2v) is 23.3. The highest BCUT2D eigenvalue weighted by atomic mass is 31.1. The Labute approximate surface area is 448 Å². The summed E-state index contributed by atoms with van der Waals surface area (Å²) in [4.78, 5) is 0. The van der Waals surface area contributed by atoms with Gasteiger partial charge in [0.2, 0.25) is 0 Å². The number of rotatable bonds is 4. The summed E-state index contributed by atoms with van der Waals surface area (Å²) in [5.41, 5.74) is 10.6. The first-order valence-corrected chi connectivity index (χ1v) is 28.3. The molecule has 0 spiro atoms. The van der Waals surface area contributed by atoms with E-state index in [1.807, 2.05) is 0 Å². The summed E-state index contributed by atoms with van der Waals surface area (Å²) in [6.07, 6.45) is 0. The minimum Gasteiger partial charge on any atom is -0.309 e. The first-order valence-electron chi connectivity index (χ1n) is 27.0. The second kappa shape index (κ2) is 15.8. The van der Waals surface area contributed by atoms with E-state index >= 15 is 0 Å². The zero-order valence-electron chi connectivity index (χ0n) is 42.2. The smallest absolute Gasteiger partial charge is 0.0541 e. The standard InChI is InChI=1S/C74H44N3P/c1-9-25-65-53(17-1)54-18-2-10-26-66(54)75(65)45-33-37-49-50-38-34-47(77-69-29-13-5-21-57(69)58-22-6-14-30-70(58)77)43-63(50)74-64-44-48(78-71-31-15-7-23-59(71)60-24-8-16-32-72(60)78)36-40-52(64)51-39-35-46(42-62(51)73(74)61(49)41-45)76-67-27-11-3-19-55(67)56-20-4-12-28-68(56)76/h1-44H. The summed E-state index contributed by atoms with van der Waals surface area (Å²) < 4.78 is 7.44. The van der Waals surface area contributed by atoms with Gasteiger partial charge in [0.1, 0.15) is 0 Å². The molecule has 0 aliphatic heterocycles. The Balaban J connectivity index is 1.05. The molecule has 0 aliphatic carbocycles. The molecule has 0 unspecified atom stereocenters. The molecule has 360 valence electrons. The van der Waals surface area contributed by atoms with Gasteiger partial charge < -0.3 is 13.7 Å². The van der Waals surface area contributed by atoms with Crippen LogP contribution in [0.15, 0.2) is 267 Å². The number of nitrogens with zero attached hydrogens (tertiary/aromatic N) is 3. The quantitative estimate of drug-likeness (QED) is 0.156. The summed E-state index contributed by atoms with van der Waals surface area (Å²) in [5, 5.41) is 27.0. The molecule has 3 nitrogen and oxygen atoms in total. The van der Waals surface area contributed by atoms with E-state index in [1.165, 1.54) is 146 Å². The number of hydrogen-bond donors (Lipinski definition) is 0. The number of hydrogen-bond acceptors (Lipinski definition) is 0.